The van der Waals surface area contributed by atoms with Gasteiger partial charge in [0, 0.05) is 18.7 Å². The Bertz CT molecular complexity index is 1260. The van der Waals surface area contributed by atoms with E-state index in [1.54, 1.807) is 42.5 Å². The lowest BCUT2D eigenvalue weighted by atomic mass is 10.0. The van der Waals surface area contributed by atoms with E-state index in [2.05, 4.69) is 5.32 Å². The van der Waals surface area contributed by atoms with Crippen molar-refractivity contribution in [2.24, 2.45) is 0 Å². The molecule has 0 aromatic heterocycles. The van der Waals surface area contributed by atoms with Crippen molar-refractivity contribution in [2.45, 2.75) is 30.6 Å². The Labute approximate surface area is 199 Å². The quantitative estimate of drug-likeness (QED) is 0.508. The summed E-state index contributed by atoms with van der Waals surface area (Å²) in [5.41, 5.74) is 3.28. The lowest BCUT2D eigenvalue weighted by Crippen LogP contribution is -2.35. The number of aryl methyl sites for hydroxylation is 2. The number of sulfonamides is 1. The van der Waals surface area contributed by atoms with E-state index in [4.69, 9.17) is 16.3 Å². The number of ether oxygens (including phenoxy) is 1. The minimum atomic E-state index is -3.64. The fourth-order valence-electron chi connectivity index (χ4n) is 3.93. The number of carbonyl (C=O) groups is 1. The van der Waals surface area contributed by atoms with Crippen LogP contribution in [-0.4, -0.2) is 28.0 Å². The molecule has 1 N–H and O–H groups in total. The molecule has 0 fully saturated rings. The average Bonchev–Trinajstić information content (AvgIpc) is 2.83. The minimum absolute atomic E-state index is 0.155. The molecule has 6 nitrogen and oxygen atoms in total. The van der Waals surface area contributed by atoms with Gasteiger partial charge in [0.2, 0.25) is 5.91 Å². The Morgan fingerprint density at radius 1 is 1.09 bits per heavy atom. The van der Waals surface area contributed by atoms with Crippen LogP contribution in [0.1, 0.15) is 24.0 Å². The minimum Gasteiger partial charge on any atom is -0.495 e. The SMILES string of the molecule is COc1ccc(NC(=O)CCc2ccc(S(=O)(=O)N3CCCc4ccccc43)cc2)cc1Cl. The summed E-state index contributed by atoms with van der Waals surface area (Å²) in [7, 11) is -2.11. The molecule has 1 heterocycles. The van der Waals surface area contributed by atoms with Gasteiger partial charge in [-0.2, -0.15) is 0 Å². The van der Waals surface area contributed by atoms with Crippen LogP contribution in [0.3, 0.4) is 0 Å². The maximum Gasteiger partial charge on any atom is 0.264 e. The van der Waals surface area contributed by atoms with Gasteiger partial charge in [-0.05, 0) is 66.8 Å². The first-order chi connectivity index (χ1) is 15.9. The molecule has 0 saturated heterocycles. The summed E-state index contributed by atoms with van der Waals surface area (Å²) in [5, 5.41) is 3.23. The van der Waals surface area contributed by atoms with Crippen LogP contribution in [0.4, 0.5) is 11.4 Å². The van der Waals surface area contributed by atoms with E-state index >= 15 is 0 Å². The van der Waals surface area contributed by atoms with Gasteiger partial charge in [-0.3, -0.25) is 9.10 Å². The number of benzene rings is 3. The van der Waals surface area contributed by atoms with Gasteiger partial charge >= 0.3 is 0 Å². The highest BCUT2D eigenvalue weighted by Crippen LogP contribution is 2.32. The van der Waals surface area contributed by atoms with Gasteiger partial charge in [0.15, 0.2) is 0 Å². The van der Waals surface area contributed by atoms with Crippen LogP contribution >= 0.6 is 11.6 Å². The summed E-state index contributed by atoms with van der Waals surface area (Å²) in [6.45, 7) is 0.469. The molecule has 1 aliphatic heterocycles. The van der Waals surface area contributed by atoms with Gasteiger partial charge in [0.05, 0.1) is 22.7 Å². The number of carbonyl (C=O) groups excluding carboxylic acids is 1. The number of nitrogens with zero attached hydrogens (tertiary/aromatic N) is 1. The summed E-state index contributed by atoms with van der Waals surface area (Å²) in [6, 6.07) is 19.4. The maximum absolute atomic E-state index is 13.2. The second kappa shape index (κ2) is 9.85. The summed E-state index contributed by atoms with van der Waals surface area (Å²) in [5.74, 6) is 0.385. The molecule has 8 heteroatoms. The first-order valence-electron chi connectivity index (χ1n) is 10.7. The zero-order chi connectivity index (χ0) is 23.4. The van der Waals surface area contributed by atoms with E-state index in [1.807, 2.05) is 24.3 Å². The fourth-order valence-corrected chi connectivity index (χ4v) is 5.73. The summed E-state index contributed by atoms with van der Waals surface area (Å²) in [6.07, 6.45) is 2.42. The highest BCUT2D eigenvalue weighted by atomic mass is 35.5. The van der Waals surface area contributed by atoms with Crippen molar-refractivity contribution in [3.05, 3.63) is 82.9 Å². The molecule has 33 heavy (non-hydrogen) atoms. The number of fused-ring (bicyclic) bond motifs is 1. The average molecular weight is 485 g/mol. The van der Waals surface area contributed by atoms with Crippen molar-refractivity contribution >= 4 is 38.9 Å². The van der Waals surface area contributed by atoms with Crippen molar-refractivity contribution in [3.63, 3.8) is 0 Å². The smallest absolute Gasteiger partial charge is 0.264 e. The van der Waals surface area contributed by atoms with Crippen LogP contribution in [0.2, 0.25) is 5.02 Å². The van der Waals surface area contributed by atoms with E-state index in [1.165, 1.54) is 11.4 Å². The summed E-state index contributed by atoms with van der Waals surface area (Å²) in [4.78, 5) is 12.6. The fraction of sp³-hybridized carbons (Fsp3) is 0.240. The summed E-state index contributed by atoms with van der Waals surface area (Å²) < 4.78 is 33.1. The second-order valence-electron chi connectivity index (χ2n) is 7.85. The molecular weight excluding hydrogens is 460 g/mol. The third-order valence-corrected chi connectivity index (χ3v) is 7.78. The lowest BCUT2D eigenvalue weighted by molar-refractivity contribution is -0.116. The first kappa shape index (κ1) is 23.1. The number of rotatable bonds is 7. The van der Waals surface area contributed by atoms with Gasteiger partial charge in [-0.1, -0.05) is 41.9 Å². The molecule has 3 aromatic carbocycles. The number of halogens is 1. The van der Waals surface area contributed by atoms with Crippen LogP contribution in [0.15, 0.2) is 71.6 Å². The standard InChI is InChI=1S/C25H25ClN2O4S/c1-32-24-14-11-20(17-22(24)26)27-25(29)15-10-18-8-12-21(13-9-18)33(30,31)28-16-4-6-19-5-2-3-7-23(19)28/h2-3,5,7-9,11-14,17H,4,6,10,15-16H2,1H3,(H,27,29). The number of methoxy groups -OCH3 is 1. The molecule has 0 bridgehead atoms. The first-order valence-corrected chi connectivity index (χ1v) is 12.5. The van der Waals surface area contributed by atoms with Gasteiger partial charge in [0.1, 0.15) is 5.75 Å². The Kier molecular flexibility index (Phi) is 6.91. The van der Waals surface area contributed by atoms with Crippen molar-refractivity contribution in [3.8, 4) is 5.75 Å². The molecule has 1 aliphatic rings. The van der Waals surface area contributed by atoms with Crippen LogP contribution in [0.5, 0.6) is 5.75 Å². The Morgan fingerprint density at radius 2 is 1.85 bits per heavy atom. The zero-order valence-corrected chi connectivity index (χ0v) is 19.8. The number of nitrogens with one attached hydrogen (secondary N) is 1. The van der Waals surface area contributed by atoms with Gasteiger partial charge < -0.3 is 10.1 Å². The van der Waals surface area contributed by atoms with Crippen molar-refractivity contribution in [1.82, 2.24) is 0 Å². The molecule has 0 radical (unpaired) electrons. The predicted molar refractivity (Wildman–Crippen MR) is 131 cm³/mol. The third-order valence-electron chi connectivity index (χ3n) is 5.66. The molecule has 0 atom stereocenters. The van der Waals surface area contributed by atoms with Crippen molar-refractivity contribution < 1.29 is 17.9 Å². The Morgan fingerprint density at radius 3 is 2.58 bits per heavy atom. The Hall–Kier alpha value is -3.03. The molecule has 4 rings (SSSR count). The Balaban J connectivity index is 1.39. The normalized spacial score (nSPS) is 13.3. The monoisotopic (exact) mass is 484 g/mol. The largest absolute Gasteiger partial charge is 0.495 e. The van der Waals surface area contributed by atoms with Crippen LogP contribution in [0.25, 0.3) is 0 Å². The van der Waals surface area contributed by atoms with Crippen molar-refractivity contribution in [1.29, 1.82) is 0 Å². The second-order valence-corrected chi connectivity index (χ2v) is 10.1. The predicted octanol–water partition coefficient (Wildman–Crippen LogP) is 5.06. The van der Waals surface area contributed by atoms with E-state index in [0.29, 0.717) is 29.4 Å². The summed E-state index contributed by atoms with van der Waals surface area (Å²) >= 11 is 6.09. The molecule has 0 spiro atoms. The van der Waals surface area contributed by atoms with Gasteiger partial charge in [0.25, 0.3) is 10.0 Å². The maximum atomic E-state index is 13.2. The molecule has 1 amide bonds. The number of para-hydroxylation sites is 1. The topological polar surface area (TPSA) is 75.7 Å². The van der Waals surface area contributed by atoms with Gasteiger partial charge in [-0.25, -0.2) is 8.42 Å². The molecule has 3 aromatic rings. The lowest BCUT2D eigenvalue weighted by Gasteiger charge is -2.30. The molecular formula is C25H25ClN2O4S. The van der Waals surface area contributed by atoms with E-state index in [-0.39, 0.29) is 17.2 Å². The van der Waals surface area contributed by atoms with Gasteiger partial charge in [-0.15, -0.1) is 0 Å². The molecule has 0 unspecified atom stereocenters. The number of amides is 1. The van der Waals surface area contributed by atoms with E-state index < -0.39 is 10.0 Å². The number of hydrogen-bond acceptors (Lipinski definition) is 4. The molecule has 0 aliphatic carbocycles. The van der Waals surface area contributed by atoms with E-state index in [0.717, 1.165) is 29.7 Å². The molecule has 0 saturated carbocycles. The number of anilines is 2. The molecule has 172 valence electrons. The van der Waals surface area contributed by atoms with Crippen LogP contribution in [0, 0.1) is 0 Å². The zero-order valence-electron chi connectivity index (χ0n) is 18.3. The van der Waals surface area contributed by atoms with Crippen LogP contribution in [-0.2, 0) is 27.7 Å². The number of hydrogen-bond donors (Lipinski definition) is 1. The van der Waals surface area contributed by atoms with Crippen LogP contribution < -0.4 is 14.4 Å². The van der Waals surface area contributed by atoms with E-state index in [9.17, 15) is 13.2 Å². The van der Waals surface area contributed by atoms with Crippen molar-refractivity contribution in [2.75, 3.05) is 23.3 Å². The highest BCUT2D eigenvalue weighted by molar-refractivity contribution is 7.92. The third kappa shape index (κ3) is 5.15. The highest BCUT2D eigenvalue weighted by Gasteiger charge is 2.28.